The van der Waals surface area contributed by atoms with E-state index in [1.165, 1.54) is 0 Å². The summed E-state index contributed by atoms with van der Waals surface area (Å²) >= 11 is 0. The summed E-state index contributed by atoms with van der Waals surface area (Å²) in [5.41, 5.74) is 3.05. The zero-order chi connectivity index (χ0) is 17.1. The van der Waals surface area contributed by atoms with Crippen molar-refractivity contribution in [3.63, 3.8) is 0 Å². The summed E-state index contributed by atoms with van der Waals surface area (Å²) in [5, 5.41) is 13.6. The van der Waals surface area contributed by atoms with Gasteiger partial charge in [-0.15, -0.1) is 0 Å². The minimum atomic E-state index is -0.658. The highest BCUT2D eigenvalue weighted by Crippen LogP contribution is 2.30. The quantitative estimate of drug-likeness (QED) is 0.679. The van der Waals surface area contributed by atoms with E-state index in [9.17, 15) is 14.9 Å². The van der Waals surface area contributed by atoms with Crippen LogP contribution in [0.2, 0.25) is 0 Å². The molecule has 2 saturated heterocycles. The predicted molar refractivity (Wildman–Crippen MR) is 80.4 cm³/mol. The van der Waals surface area contributed by atoms with Crippen LogP contribution in [-0.4, -0.2) is 55.5 Å². The van der Waals surface area contributed by atoms with Gasteiger partial charge >= 0.3 is 5.97 Å². The van der Waals surface area contributed by atoms with Crippen molar-refractivity contribution < 1.29 is 19.1 Å². The second kappa shape index (κ2) is 7.25. The van der Waals surface area contributed by atoms with Crippen LogP contribution in [0.4, 0.5) is 0 Å². The maximum atomic E-state index is 12.0. The fourth-order valence-electron chi connectivity index (χ4n) is 2.87. The molecule has 2 aliphatic rings. The molecule has 8 nitrogen and oxygen atoms in total. The summed E-state index contributed by atoms with van der Waals surface area (Å²) in [5.74, 6) is -1.54. The van der Waals surface area contributed by atoms with Gasteiger partial charge in [0.1, 0.15) is 6.23 Å². The van der Waals surface area contributed by atoms with Gasteiger partial charge in [-0.05, 0) is 13.8 Å². The number of nitrogens with one attached hydrogen (secondary N) is 2. The Hall–Kier alpha value is -1.69. The number of nitrogens with zero attached hydrogens (tertiary/aromatic N) is 2. The van der Waals surface area contributed by atoms with Crippen molar-refractivity contribution in [2.75, 3.05) is 20.2 Å². The Labute approximate surface area is 136 Å². The number of ether oxygens (including phenoxy) is 2. The number of rotatable bonds is 4. The van der Waals surface area contributed by atoms with Gasteiger partial charge in [0, 0.05) is 25.6 Å². The second-order valence-corrected chi connectivity index (χ2v) is 6.27. The third-order valence-corrected chi connectivity index (χ3v) is 4.85. The maximum absolute atomic E-state index is 12.0. The second-order valence-electron chi connectivity index (χ2n) is 6.27. The van der Waals surface area contributed by atoms with E-state index in [4.69, 9.17) is 9.47 Å². The average molecular weight is 324 g/mol. The lowest BCUT2D eigenvalue weighted by molar-refractivity contribution is -0.153. The molecule has 2 heterocycles. The van der Waals surface area contributed by atoms with Gasteiger partial charge in [-0.2, -0.15) is 5.26 Å². The van der Waals surface area contributed by atoms with Gasteiger partial charge in [-0.3, -0.25) is 15.0 Å². The van der Waals surface area contributed by atoms with E-state index >= 15 is 0 Å². The van der Waals surface area contributed by atoms with Crippen LogP contribution in [0.3, 0.4) is 0 Å². The molecule has 2 fully saturated rings. The van der Waals surface area contributed by atoms with Crippen LogP contribution in [0.15, 0.2) is 0 Å². The maximum Gasteiger partial charge on any atom is 0.312 e. The first-order valence-corrected chi connectivity index (χ1v) is 7.82. The Morgan fingerprint density at radius 3 is 2.70 bits per heavy atom. The monoisotopic (exact) mass is 324 g/mol. The van der Waals surface area contributed by atoms with Crippen molar-refractivity contribution in [2.24, 2.45) is 17.8 Å². The molecule has 23 heavy (non-hydrogen) atoms. The van der Waals surface area contributed by atoms with Gasteiger partial charge in [-0.1, -0.05) is 6.92 Å². The summed E-state index contributed by atoms with van der Waals surface area (Å²) in [7, 11) is 1.85. The lowest BCUT2D eigenvalue weighted by atomic mass is 9.93. The number of nitriles is 1. The van der Waals surface area contributed by atoms with Crippen molar-refractivity contribution in [1.82, 2.24) is 15.8 Å². The minimum Gasteiger partial charge on any atom is -0.455 e. The molecule has 0 bridgehead atoms. The first-order chi connectivity index (χ1) is 10.8. The average Bonchev–Trinajstić information content (AvgIpc) is 2.97. The van der Waals surface area contributed by atoms with E-state index in [0.717, 1.165) is 0 Å². The van der Waals surface area contributed by atoms with E-state index in [1.807, 2.05) is 32.8 Å². The summed E-state index contributed by atoms with van der Waals surface area (Å²) in [6, 6.07) is 2.17. The Bertz CT molecular complexity index is 506. The van der Waals surface area contributed by atoms with Gasteiger partial charge in [0.25, 0.3) is 5.91 Å². The summed E-state index contributed by atoms with van der Waals surface area (Å²) < 4.78 is 10.7. The lowest BCUT2D eigenvalue weighted by Crippen LogP contribution is -2.42. The molecule has 0 saturated carbocycles. The third-order valence-electron chi connectivity index (χ3n) is 4.85. The molecule has 0 aromatic rings. The molecular weight excluding hydrogens is 300 g/mol. The van der Waals surface area contributed by atoms with Gasteiger partial charge < -0.3 is 14.8 Å². The van der Waals surface area contributed by atoms with Gasteiger partial charge in [0.15, 0.2) is 6.61 Å². The molecule has 2 aliphatic heterocycles. The zero-order valence-electron chi connectivity index (χ0n) is 13.9. The summed E-state index contributed by atoms with van der Waals surface area (Å²) in [4.78, 5) is 24.0. The van der Waals surface area contributed by atoms with E-state index < -0.39 is 24.0 Å². The van der Waals surface area contributed by atoms with Crippen molar-refractivity contribution in [1.29, 1.82) is 5.26 Å². The first-order valence-electron chi connectivity index (χ1n) is 7.82. The van der Waals surface area contributed by atoms with E-state index in [-0.39, 0.29) is 30.6 Å². The molecule has 0 aromatic heterocycles. The molecule has 128 valence electrons. The number of hydrogen-bond acceptors (Lipinski definition) is 7. The SMILES string of the molecule is CC1OC(NC(=O)COC(=O)C2CNN(C)C2C)C(C#N)C1C. The summed E-state index contributed by atoms with van der Waals surface area (Å²) in [6.45, 7) is 5.82. The minimum absolute atomic E-state index is 0.00777. The molecule has 2 N–H and O–H groups in total. The lowest BCUT2D eigenvalue weighted by Gasteiger charge is -2.19. The predicted octanol–water partition coefficient (Wildman–Crippen LogP) is -0.379. The van der Waals surface area contributed by atoms with Gasteiger partial charge in [0.2, 0.25) is 0 Å². The smallest absolute Gasteiger partial charge is 0.312 e. The highest BCUT2D eigenvalue weighted by atomic mass is 16.5. The Kier molecular flexibility index (Phi) is 5.57. The van der Waals surface area contributed by atoms with Crippen LogP contribution in [0.1, 0.15) is 20.8 Å². The number of hydrogen-bond donors (Lipinski definition) is 2. The highest BCUT2D eigenvalue weighted by molar-refractivity contribution is 5.81. The van der Waals surface area contributed by atoms with Crippen LogP contribution in [-0.2, 0) is 19.1 Å². The van der Waals surface area contributed by atoms with Crippen molar-refractivity contribution >= 4 is 11.9 Å². The van der Waals surface area contributed by atoms with E-state index in [2.05, 4.69) is 16.8 Å². The van der Waals surface area contributed by atoms with Crippen molar-refractivity contribution in [2.45, 2.75) is 39.1 Å². The Morgan fingerprint density at radius 2 is 2.13 bits per heavy atom. The molecule has 0 radical (unpaired) electrons. The molecule has 6 unspecified atom stereocenters. The van der Waals surface area contributed by atoms with Gasteiger partial charge in [-0.25, -0.2) is 5.01 Å². The Balaban J connectivity index is 1.79. The largest absolute Gasteiger partial charge is 0.455 e. The fourth-order valence-corrected chi connectivity index (χ4v) is 2.87. The number of esters is 1. The number of carbonyl (C=O) groups is 2. The van der Waals surface area contributed by atoms with Crippen molar-refractivity contribution in [3.8, 4) is 6.07 Å². The normalized spacial score (nSPS) is 37.3. The highest BCUT2D eigenvalue weighted by Gasteiger charge is 2.41. The molecule has 0 spiro atoms. The zero-order valence-corrected chi connectivity index (χ0v) is 13.9. The van der Waals surface area contributed by atoms with Crippen LogP contribution in [0, 0.1) is 29.1 Å². The molecule has 8 heteroatoms. The third kappa shape index (κ3) is 3.80. The van der Waals surface area contributed by atoms with Crippen LogP contribution < -0.4 is 10.7 Å². The van der Waals surface area contributed by atoms with Crippen LogP contribution in [0.5, 0.6) is 0 Å². The number of hydrazine groups is 1. The van der Waals surface area contributed by atoms with E-state index in [0.29, 0.717) is 6.54 Å². The molecule has 1 amide bonds. The molecule has 2 rings (SSSR count). The van der Waals surface area contributed by atoms with Crippen LogP contribution >= 0.6 is 0 Å². The fraction of sp³-hybridized carbons (Fsp3) is 0.800. The molecule has 0 aliphatic carbocycles. The summed E-state index contributed by atoms with van der Waals surface area (Å²) in [6.07, 6.45) is -0.761. The van der Waals surface area contributed by atoms with E-state index in [1.54, 1.807) is 0 Å². The standard InChI is InChI=1S/C15H24N4O4/c1-8-10(3)23-14(11(8)5-16)18-13(20)7-22-15(21)12-6-17-19(4)9(12)2/h8-12,14,17H,6-7H2,1-4H3,(H,18,20). The van der Waals surface area contributed by atoms with Crippen LogP contribution in [0.25, 0.3) is 0 Å². The molecule has 0 aromatic carbocycles. The van der Waals surface area contributed by atoms with Crippen molar-refractivity contribution in [3.05, 3.63) is 0 Å². The molecule has 6 atom stereocenters. The first kappa shape index (κ1) is 17.7. The topological polar surface area (TPSA) is 104 Å². The number of carbonyl (C=O) groups excluding carboxylic acids is 2. The number of amides is 1. The van der Waals surface area contributed by atoms with Gasteiger partial charge in [0.05, 0.1) is 24.0 Å². The Morgan fingerprint density at radius 1 is 1.43 bits per heavy atom. The molecular formula is C15H24N4O4.